The zero-order valence-electron chi connectivity index (χ0n) is 21.9. The van der Waals surface area contributed by atoms with Crippen molar-refractivity contribution in [2.45, 2.75) is 53.4 Å². The minimum Gasteiger partial charge on any atom is -0.485 e. The third kappa shape index (κ3) is 5.87. The number of aliphatic hydroxyl groups is 1. The van der Waals surface area contributed by atoms with E-state index in [1.165, 1.54) is 0 Å². The lowest BCUT2D eigenvalue weighted by Gasteiger charge is -2.30. The fraction of sp³-hybridized carbons (Fsp3) is 0.323. The van der Waals surface area contributed by atoms with Crippen molar-refractivity contribution in [3.63, 3.8) is 0 Å². The Morgan fingerprint density at radius 2 is 1.81 bits per heavy atom. The van der Waals surface area contributed by atoms with Gasteiger partial charge in [0, 0.05) is 23.1 Å². The largest absolute Gasteiger partial charge is 0.485 e. The molecule has 0 aliphatic rings. The Balaban J connectivity index is 1.68. The van der Waals surface area contributed by atoms with Gasteiger partial charge in [-0.15, -0.1) is 0 Å². The summed E-state index contributed by atoms with van der Waals surface area (Å²) < 4.78 is 17.9. The zero-order chi connectivity index (χ0) is 26.6. The number of carbonyl (C=O) groups is 1. The summed E-state index contributed by atoms with van der Waals surface area (Å²) in [5.74, 6) is 0.506. The van der Waals surface area contributed by atoms with E-state index in [1.807, 2.05) is 94.4 Å². The van der Waals surface area contributed by atoms with Gasteiger partial charge in [-0.3, -0.25) is 4.79 Å². The van der Waals surface area contributed by atoms with Gasteiger partial charge in [-0.2, -0.15) is 0 Å². The van der Waals surface area contributed by atoms with Crippen molar-refractivity contribution >= 4 is 16.9 Å². The standard InChI is InChI=1S/C31H35NO5/c1-5-35-30(34)28(31(2,3)4)25-11-6-7-12-27(25)36-19-24-16-23-14-21(18-33)15-26(29(23)37-24)22-10-8-9-20(13-22)17-32/h6-16,28,33H,5,17-19,32H2,1-4H3. The second-order valence-electron chi connectivity index (χ2n) is 10.2. The number of hydrogen-bond acceptors (Lipinski definition) is 6. The monoisotopic (exact) mass is 501 g/mol. The summed E-state index contributed by atoms with van der Waals surface area (Å²) in [4.78, 5) is 12.9. The Morgan fingerprint density at radius 3 is 2.51 bits per heavy atom. The summed E-state index contributed by atoms with van der Waals surface area (Å²) in [5.41, 5.74) is 10.7. The molecule has 1 unspecified atom stereocenters. The maximum absolute atomic E-state index is 12.9. The smallest absolute Gasteiger partial charge is 0.314 e. The number of fused-ring (bicyclic) bond motifs is 1. The van der Waals surface area contributed by atoms with Gasteiger partial charge in [-0.1, -0.05) is 57.2 Å². The molecule has 0 aliphatic heterocycles. The predicted molar refractivity (Wildman–Crippen MR) is 145 cm³/mol. The van der Waals surface area contributed by atoms with Crippen LogP contribution in [0.25, 0.3) is 22.1 Å². The summed E-state index contributed by atoms with van der Waals surface area (Å²) in [5, 5.41) is 10.7. The van der Waals surface area contributed by atoms with Crippen molar-refractivity contribution in [2.75, 3.05) is 6.61 Å². The third-order valence-corrected chi connectivity index (χ3v) is 6.37. The molecule has 37 heavy (non-hydrogen) atoms. The maximum atomic E-state index is 12.9. The van der Waals surface area contributed by atoms with Gasteiger partial charge in [-0.05, 0) is 59.4 Å². The first kappa shape index (κ1) is 26.5. The van der Waals surface area contributed by atoms with E-state index in [9.17, 15) is 9.90 Å². The minimum absolute atomic E-state index is 0.0774. The fourth-order valence-electron chi connectivity index (χ4n) is 4.68. The lowest BCUT2D eigenvalue weighted by atomic mass is 9.76. The molecule has 0 saturated heterocycles. The molecule has 0 spiro atoms. The molecule has 0 radical (unpaired) electrons. The first-order valence-electron chi connectivity index (χ1n) is 12.6. The van der Waals surface area contributed by atoms with E-state index >= 15 is 0 Å². The van der Waals surface area contributed by atoms with Crippen LogP contribution in [0.3, 0.4) is 0 Å². The highest BCUT2D eigenvalue weighted by Gasteiger charge is 2.36. The normalized spacial score (nSPS) is 12.5. The van der Waals surface area contributed by atoms with Crippen LogP contribution >= 0.6 is 0 Å². The molecule has 0 bridgehead atoms. The lowest BCUT2D eigenvalue weighted by Crippen LogP contribution is -2.28. The summed E-state index contributed by atoms with van der Waals surface area (Å²) in [6, 6.07) is 21.3. The van der Waals surface area contributed by atoms with Gasteiger partial charge in [0.1, 0.15) is 23.7 Å². The van der Waals surface area contributed by atoms with Gasteiger partial charge in [0.2, 0.25) is 0 Å². The van der Waals surface area contributed by atoms with Crippen LogP contribution in [0.15, 0.2) is 71.1 Å². The molecular formula is C31H35NO5. The van der Waals surface area contributed by atoms with Crippen LogP contribution in [-0.4, -0.2) is 17.7 Å². The Morgan fingerprint density at radius 1 is 1.03 bits per heavy atom. The molecule has 3 N–H and O–H groups in total. The molecule has 4 rings (SSSR count). The fourth-order valence-corrected chi connectivity index (χ4v) is 4.68. The summed E-state index contributed by atoms with van der Waals surface area (Å²) in [6.07, 6.45) is 0. The van der Waals surface area contributed by atoms with E-state index in [2.05, 4.69) is 0 Å². The average Bonchev–Trinajstić information content (AvgIpc) is 3.30. The van der Waals surface area contributed by atoms with Crippen LogP contribution < -0.4 is 10.5 Å². The average molecular weight is 502 g/mol. The van der Waals surface area contributed by atoms with Crippen LogP contribution in [0.2, 0.25) is 0 Å². The predicted octanol–water partition coefficient (Wildman–Crippen LogP) is 6.32. The number of furan rings is 1. The Bertz CT molecular complexity index is 1380. The number of ether oxygens (including phenoxy) is 2. The third-order valence-electron chi connectivity index (χ3n) is 6.37. The molecule has 0 amide bonds. The number of esters is 1. The Hall–Kier alpha value is -3.61. The van der Waals surface area contributed by atoms with Crippen LogP contribution in [-0.2, 0) is 29.3 Å². The van der Waals surface area contributed by atoms with Crippen molar-refractivity contribution in [2.24, 2.45) is 11.1 Å². The quantitative estimate of drug-likeness (QED) is 0.261. The van der Waals surface area contributed by atoms with E-state index in [-0.39, 0.29) is 24.6 Å². The summed E-state index contributed by atoms with van der Waals surface area (Å²) in [6.45, 7) is 8.73. The van der Waals surface area contributed by atoms with Gasteiger partial charge < -0.3 is 24.7 Å². The number of rotatable bonds is 9. The van der Waals surface area contributed by atoms with E-state index in [0.717, 1.165) is 38.8 Å². The number of carbonyl (C=O) groups excluding carboxylic acids is 1. The topological polar surface area (TPSA) is 94.9 Å². The van der Waals surface area contributed by atoms with E-state index in [1.54, 1.807) is 0 Å². The molecule has 194 valence electrons. The molecule has 6 heteroatoms. The Labute approximate surface area is 218 Å². The van der Waals surface area contributed by atoms with Crippen molar-refractivity contribution in [3.8, 4) is 16.9 Å². The van der Waals surface area contributed by atoms with Gasteiger partial charge >= 0.3 is 5.97 Å². The number of nitrogens with two attached hydrogens (primary N) is 1. The van der Waals surface area contributed by atoms with Crippen LogP contribution in [0, 0.1) is 5.41 Å². The second-order valence-corrected chi connectivity index (χ2v) is 10.2. The van der Waals surface area contributed by atoms with Crippen molar-refractivity contribution in [1.82, 2.24) is 0 Å². The number of aliphatic hydroxyl groups excluding tert-OH is 1. The number of para-hydroxylation sites is 1. The molecule has 1 aromatic heterocycles. The van der Waals surface area contributed by atoms with Crippen molar-refractivity contribution in [1.29, 1.82) is 0 Å². The second kappa shape index (κ2) is 11.2. The summed E-state index contributed by atoms with van der Waals surface area (Å²) in [7, 11) is 0. The molecular weight excluding hydrogens is 466 g/mol. The van der Waals surface area contributed by atoms with Gasteiger partial charge in [-0.25, -0.2) is 0 Å². The molecule has 1 heterocycles. The molecule has 4 aromatic rings. The molecule has 1 atom stereocenters. The highest BCUT2D eigenvalue weighted by Crippen LogP contribution is 2.41. The van der Waals surface area contributed by atoms with Gasteiger partial charge in [0.25, 0.3) is 0 Å². The highest BCUT2D eigenvalue weighted by molar-refractivity contribution is 5.93. The first-order chi connectivity index (χ1) is 17.7. The molecule has 3 aromatic carbocycles. The van der Waals surface area contributed by atoms with Crippen LogP contribution in [0.4, 0.5) is 0 Å². The van der Waals surface area contributed by atoms with Gasteiger partial charge in [0.05, 0.1) is 19.1 Å². The molecule has 0 saturated carbocycles. The summed E-state index contributed by atoms with van der Waals surface area (Å²) >= 11 is 0. The maximum Gasteiger partial charge on any atom is 0.314 e. The van der Waals surface area contributed by atoms with Crippen molar-refractivity contribution in [3.05, 3.63) is 89.2 Å². The van der Waals surface area contributed by atoms with E-state index < -0.39 is 5.92 Å². The SMILES string of the molecule is CCOC(=O)C(c1ccccc1OCc1cc2cc(CO)cc(-c3cccc(CN)c3)c2o1)C(C)(C)C. The molecule has 0 fully saturated rings. The molecule has 6 nitrogen and oxygen atoms in total. The van der Waals surface area contributed by atoms with Crippen LogP contribution in [0.5, 0.6) is 5.75 Å². The lowest BCUT2D eigenvalue weighted by molar-refractivity contribution is -0.147. The first-order valence-corrected chi connectivity index (χ1v) is 12.6. The Kier molecular flexibility index (Phi) is 8.00. The highest BCUT2D eigenvalue weighted by atomic mass is 16.5. The van der Waals surface area contributed by atoms with Crippen molar-refractivity contribution < 1.29 is 23.8 Å². The van der Waals surface area contributed by atoms with Crippen LogP contribution in [0.1, 0.15) is 56.1 Å². The number of hydrogen-bond donors (Lipinski definition) is 2. The van der Waals surface area contributed by atoms with E-state index in [4.69, 9.17) is 19.6 Å². The minimum atomic E-state index is -0.479. The number of benzene rings is 3. The molecule has 0 aliphatic carbocycles. The van der Waals surface area contributed by atoms with E-state index in [0.29, 0.717) is 24.7 Å². The zero-order valence-corrected chi connectivity index (χ0v) is 21.9. The van der Waals surface area contributed by atoms with Gasteiger partial charge in [0.15, 0.2) is 0 Å².